The molecule has 0 amide bonds. The molecule has 1 saturated heterocycles. The van der Waals surface area contributed by atoms with Crippen LogP contribution in [0, 0.1) is 0 Å². The van der Waals surface area contributed by atoms with E-state index in [0.29, 0.717) is 12.0 Å². The summed E-state index contributed by atoms with van der Waals surface area (Å²) >= 11 is 3.63. The highest BCUT2D eigenvalue weighted by molar-refractivity contribution is 9.10. The Morgan fingerprint density at radius 1 is 1.43 bits per heavy atom. The molecule has 14 heavy (non-hydrogen) atoms. The zero-order valence-electron chi connectivity index (χ0n) is 8.13. The Balaban J connectivity index is 2.17. The summed E-state index contributed by atoms with van der Waals surface area (Å²) in [5, 5.41) is 3.46. The number of halogens is 1. The minimum atomic E-state index is 0.656. The molecule has 2 heterocycles. The van der Waals surface area contributed by atoms with Gasteiger partial charge in [0.15, 0.2) is 0 Å². The maximum Gasteiger partial charge on any atom is 0.0547 e. The van der Waals surface area contributed by atoms with Crippen molar-refractivity contribution in [2.24, 2.45) is 0 Å². The maximum atomic E-state index is 3.63. The quantitative estimate of drug-likeness (QED) is 0.760. The first-order chi connectivity index (χ1) is 6.79. The lowest BCUT2D eigenvalue weighted by molar-refractivity contribution is 0.663. The third-order valence-corrected chi connectivity index (χ3v) is 4.09. The van der Waals surface area contributed by atoms with E-state index in [9.17, 15) is 0 Å². The van der Waals surface area contributed by atoms with Gasteiger partial charge in [-0.05, 0) is 27.6 Å². The van der Waals surface area contributed by atoms with Crippen LogP contribution in [0.5, 0.6) is 0 Å². The molecule has 1 aromatic carbocycles. The van der Waals surface area contributed by atoms with Crippen LogP contribution in [-0.4, -0.2) is 26.2 Å². The van der Waals surface area contributed by atoms with E-state index < -0.39 is 0 Å². The molecule has 1 aromatic rings. The van der Waals surface area contributed by atoms with E-state index >= 15 is 0 Å². The first-order valence-corrected chi connectivity index (χ1v) is 5.80. The van der Waals surface area contributed by atoms with Gasteiger partial charge < -0.3 is 10.2 Å². The van der Waals surface area contributed by atoms with E-state index in [1.165, 1.54) is 15.7 Å². The summed E-state index contributed by atoms with van der Waals surface area (Å²) in [6.45, 7) is 2.24. The molecule has 3 rings (SSSR count). The van der Waals surface area contributed by atoms with Gasteiger partial charge in [-0.3, -0.25) is 0 Å². The Morgan fingerprint density at radius 2 is 2.29 bits per heavy atom. The van der Waals surface area contributed by atoms with E-state index in [0.717, 1.165) is 13.1 Å². The highest BCUT2D eigenvalue weighted by atomic mass is 79.9. The number of anilines is 1. The summed E-state index contributed by atoms with van der Waals surface area (Å²) in [7, 11) is 2.20. The first kappa shape index (κ1) is 8.74. The standard InChI is InChI=1S/C11H13BrN2/c1-14-10-6-13-5-8(10)7-3-2-4-9(12)11(7)14/h2-4,8,10,13H,5-6H2,1H3. The summed E-state index contributed by atoms with van der Waals surface area (Å²) in [6, 6.07) is 7.18. The topological polar surface area (TPSA) is 15.3 Å². The molecular formula is C11H13BrN2. The number of rotatable bonds is 0. The fourth-order valence-corrected chi connectivity index (χ4v) is 3.42. The molecule has 2 unspecified atom stereocenters. The predicted molar refractivity (Wildman–Crippen MR) is 61.9 cm³/mol. The van der Waals surface area contributed by atoms with Gasteiger partial charge in [0.05, 0.1) is 5.69 Å². The van der Waals surface area contributed by atoms with Crippen LogP contribution in [0.3, 0.4) is 0 Å². The van der Waals surface area contributed by atoms with Crippen molar-refractivity contribution >= 4 is 21.6 Å². The number of hydrogen-bond acceptors (Lipinski definition) is 2. The number of para-hydroxylation sites is 1. The fourth-order valence-electron chi connectivity index (χ4n) is 2.76. The van der Waals surface area contributed by atoms with Gasteiger partial charge in [-0.15, -0.1) is 0 Å². The van der Waals surface area contributed by atoms with Gasteiger partial charge in [0.25, 0.3) is 0 Å². The van der Waals surface area contributed by atoms with Crippen molar-refractivity contribution in [1.82, 2.24) is 5.32 Å². The Kier molecular flexibility index (Phi) is 1.86. The highest BCUT2D eigenvalue weighted by Gasteiger charge is 2.40. The van der Waals surface area contributed by atoms with Crippen molar-refractivity contribution < 1.29 is 0 Å². The van der Waals surface area contributed by atoms with Crippen molar-refractivity contribution in [3.8, 4) is 0 Å². The maximum absolute atomic E-state index is 3.63. The molecule has 0 spiro atoms. The zero-order chi connectivity index (χ0) is 9.71. The SMILES string of the molecule is CN1c2c(Br)cccc2C2CNCC21. The molecule has 74 valence electrons. The number of nitrogens with zero attached hydrogens (tertiary/aromatic N) is 1. The highest BCUT2D eigenvalue weighted by Crippen LogP contribution is 2.45. The fraction of sp³-hybridized carbons (Fsp3) is 0.455. The number of likely N-dealkylation sites (N-methyl/N-ethyl adjacent to an activating group) is 1. The van der Waals surface area contributed by atoms with Crippen LogP contribution in [0.2, 0.25) is 0 Å². The predicted octanol–water partition coefficient (Wildman–Crippen LogP) is 1.95. The normalized spacial score (nSPS) is 29.1. The molecule has 0 aliphatic carbocycles. The third-order valence-electron chi connectivity index (χ3n) is 3.45. The average molecular weight is 253 g/mol. The van der Waals surface area contributed by atoms with E-state index in [-0.39, 0.29) is 0 Å². The molecule has 3 heteroatoms. The molecule has 2 aliphatic rings. The summed E-state index contributed by atoms with van der Waals surface area (Å²) in [5.74, 6) is 0.687. The second-order valence-electron chi connectivity index (χ2n) is 4.12. The van der Waals surface area contributed by atoms with Crippen LogP contribution in [0.25, 0.3) is 0 Å². The van der Waals surface area contributed by atoms with Crippen LogP contribution in [-0.2, 0) is 0 Å². The number of benzene rings is 1. The van der Waals surface area contributed by atoms with Gasteiger partial charge >= 0.3 is 0 Å². The van der Waals surface area contributed by atoms with Gasteiger partial charge in [-0.1, -0.05) is 12.1 Å². The number of nitrogens with one attached hydrogen (secondary N) is 1. The molecule has 1 N–H and O–H groups in total. The first-order valence-electron chi connectivity index (χ1n) is 5.01. The minimum Gasteiger partial charge on any atom is -0.369 e. The zero-order valence-corrected chi connectivity index (χ0v) is 9.71. The van der Waals surface area contributed by atoms with Crippen LogP contribution in [0.1, 0.15) is 11.5 Å². The third kappa shape index (κ3) is 0.997. The smallest absolute Gasteiger partial charge is 0.0547 e. The van der Waals surface area contributed by atoms with Crippen molar-refractivity contribution in [2.75, 3.05) is 25.0 Å². The molecule has 0 aromatic heterocycles. The molecule has 0 bridgehead atoms. The lowest BCUT2D eigenvalue weighted by Gasteiger charge is -2.21. The molecule has 0 radical (unpaired) electrons. The minimum absolute atomic E-state index is 0.656. The average Bonchev–Trinajstić information content (AvgIpc) is 2.71. The van der Waals surface area contributed by atoms with Gasteiger partial charge in [-0.2, -0.15) is 0 Å². The lowest BCUT2D eigenvalue weighted by atomic mass is 9.98. The second kappa shape index (κ2) is 2.97. The number of fused-ring (bicyclic) bond motifs is 3. The monoisotopic (exact) mass is 252 g/mol. The van der Waals surface area contributed by atoms with Crippen molar-refractivity contribution in [3.05, 3.63) is 28.2 Å². The molecule has 2 nitrogen and oxygen atoms in total. The van der Waals surface area contributed by atoms with Crippen LogP contribution in [0.15, 0.2) is 22.7 Å². The van der Waals surface area contributed by atoms with Gasteiger partial charge in [0.2, 0.25) is 0 Å². The van der Waals surface area contributed by atoms with E-state index in [2.05, 4.69) is 51.4 Å². The molecule has 2 aliphatic heterocycles. The van der Waals surface area contributed by atoms with E-state index in [1.54, 1.807) is 0 Å². The van der Waals surface area contributed by atoms with Crippen LogP contribution >= 0.6 is 15.9 Å². The summed E-state index contributed by atoms with van der Waals surface area (Å²) in [5.41, 5.74) is 2.89. The summed E-state index contributed by atoms with van der Waals surface area (Å²) < 4.78 is 1.23. The van der Waals surface area contributed by atoms with E-state index in [1.807, 2.05) is 0 Å². The summed E-state index contributed by atoms with van der Waals surface area (Å²) in [4.78, 5) is 2.41. The van der Waals surface area contributed by atoms with Crippen molar-refractivity contribution in [2.45, 2.75) is 12.0 Å². The lowest BCUT2D eigenvalue weighted by Crippen LogP contribution is -2.31. The number of hydrogen-bond donors (Lipinski definition) is 1. The summed E-state index contributed by atoms with van der Waals surface area (Å²) in [6.07, 6.45) is 0. The van der Waals surface area contributed by atoms with Crippen molar-refractivity contribution in [1.29, 1.82) is 0 Å². The van der Waals surface area contributed by atoms with Crippen LogP contribution < -0.4 is 10.2 Å². The largest absolute Gasteiger partial charge is 0.369 e. The second-order valence-corrected chi connectivity index (χ2v) is 4.98. The Hall–Kier alpha value is -0.540. The Bertz CT molecular complexity index is 378. The van der Waals surface area contributed by atoms with Gasteiger partial charge in [0, 0.05) is 36.6 Å². The van der Waals surface area contributed by atoms with Crippen molar-refractivity contribution in [3.63, 3.8) is 0 Å². The molecule has 2 atom stereocenters. The van der Waals surface area contributed by atoms with Gasteiger partial charge in [-0.25, -0.2) is 0 Å². The Morgan fingerprint density at radius 3 is 3.14 bits per heavy atom. The van der Waals surface area contributed by atoms with E-state index in [4.69, 9.17) is 0 Å². The molecule has 0 saturated carbocycles. The molecule has 1 fully saturated rings. The molecular weight excluding hydrogens is 240 g/mol. The Labute approximate surface area is 92.4 Å². The van der Waals surface area contributed by atoms with Crippen LogP contribution in [0.4, 0.5) is 5.69 Å². The van der Waals surface area contributed by atoms with Gasteiger partial charge in [0.1, 0.15) is 0 Å².